The summed E-state index contributed by atoms with van der Waals surface area (Å²) in [5, 5.41) is 11.7. The van der Waals surface area contributed by atoms with Crippen LogP contribution in [0.4, 0.5) is 0 Å². The van der Waals surface area contributed by atoms with Crippen molar-refractivity contribution in [3.8, 4) is 0 Å². The van der Waals surface area contributed by atoms with Crippen molar-refractivity contribution in [3.63, 3.8) is 0 Å². The molecule has 5 nitrogen and oxygen atoms in total. The van der Waals surface area contributed by atoms with Gasteiger partial charge in [-0.25, -0.2) is 0 Å². The van der Waals surface area contributed by atoms with Crippen molar-refractivity contribution >= 4 is 11.9 Å². The number of hydrogen-bond donors (Lipinski definition) is 2. The normalized spacial score (nSPS) is 22.1. The SMILES string of the molecule is CNCC(C)C(=O)N1CCCC1CC(=O)O. The molecule has 2 N–H and O–H groups in total. The molecule has 0 aliphatic carbocycles. The lowest BCUT2D eigenvalue weighted by Gasteiger charge is -2.26. The minimum Gasteiger partial charge on any atom is -0.481 e. The molecule has 0 radical (unpaired) electrons. The topological polar surface area (TPSA) is 69.6 Å². The van der Waals surface area contributed by atoms with E-state index < -0.39 is 5.97 Å². The molecule has 1 heterocycles. The van der Waals surface area contributed by atoms with Crippen LogP contribution in [0.15, 0.2) is 0 Å². The summed E-state index contributed by atoms with van der Waals surface area (Å²) in [5.41, 5.74) is 0. The first kappa shape index (κ1) is 13.0. The van der Waals surface area contributed by atoms with Gasteiger partial charge in [-0.05, 0) is 19.9 Å². The number of rotatable bonds is 5. The molecule has 92 valence electrons. The van der Waals surface area contributed by atoms with Crippen LogP contribution in [-0.2, 0) is 9.59 Å². The molecule has 0 aromatic rings. The molecule has 1 rings (SSSR count). The molecule has 0 bridgehead atoms. The summed E-state index contributed by atoms with van der Waals surface area (Å²) >= 11 is 0. The smallest absolute Gasteiger partial charge is 0.305 e. The molecule has 1 aliphatic heterocycles. The number of carbonyl (C=O) groups is 2. The quantitative estimate of drug-likeness (QED) is 0.710. The van der Waals surface area contributed by atoms with E-state index in [1.165, 1.54) is 0 Å². The van der Waals surface area contributed by atoms with Crippen LogP contribution in [0.2, 0.25) is 0 Å². The average Bonchev–Trinajstić information content (AvgIpc) is 2.64. The molecule has 5 heteroatoms. The minimum absolute atomic E-state index is 0.0675. The molecular weight excluding hydrogens is 208 g/mol. The van der Waals surface area contributed by atoms with Crippen molar-refractivity contribution in [2.45, 2.75) is 32.2 Å². The van der Waals surface area contributed by atoms with Crippen molar-refractivity contribution in [3.05, 3.63) is 0 Å². The Morgan fingerprint density at radius 1 is 1.56 bits per heavy atom. The number of likely N-dealkylation sites (tertiary alicyclic amines) is 1. The van der Waals surface area contributed by atoms with Gasteiger partial charge < -0.3 is 15.3 Å². The fourth-order valence-electron chi connectivity index (χ4n) is 2.22. The number of amides is 1. The number of nitrogens with zero attached hydrogens (tertiary/aromatic N) is 1. The Morgan fingerprint density at radius 2 is 2.25 bits per heavy atom. The van der Waals surface area contributed by atoms with E-state index in [1.807, 2.05) is 14.0 Å². The van der Waals surface area contributed by atoms with Crippen LogP contribution in [0, 0.1) is 5.92 Å². The van der Waals surface area contributed by atoms with E-state index in [0.717, 1.165) is 12.8 Å². The summed E-state index contributed by atoms with van der Waals surface area (Å²) in [4.78, 5) is 24.4. The third-order valence-electron chi connectivity index (χ3n) is 3.00. The maximum atomic E-state index is 12.0. The minimum atomic E-state index is -0.828. The van der Waals surface area contributed by atoms with E-state index in [2.05, 4.69) is 5.32 Å². The van der Waals surface area contributed by atoms with Gasteiger partial charge in [-0.1, -0.05) is 6.92 Å². The first-order chi connectivity index (χ1) is 7.56. The van der Waals surface area contributed by atoms with Gasteiger partial charge in [0.2, 0.25) is 5.91 Å². The fraction of sp³-hybridized carbons (Fsp3) is 0.818. The third kappa shape index (κ3) is 3.20. The lowest BCUT2D eigenvalue weighted by atomic mass is 10.1. The van der Waals surface area contributed by atoms with Gasteiger partial charge in [0.25, 0.3) is 0 Å². The van der Waals surface area contributed by atoms with Crippen molar-refractivity contribution in [1.29, 1.82) is 0 Å². The lowest BCUT2D eigenvalue weighted by Crippen LogP contribution is -2.42. The summed E-state index contributed by atoms with van der Waals surface area (Å²) in [6.45, 7) is 3.20. The first-order valence-electron chi connectivity index (χ1n) is 5.73. The zero-order valence-electron chi connectivity index (χ0n) is 9.90. The fourth-order valence-corrected chi connectivity index (χ4v) is 2.22. The van der Waals surface area contributed by atoms with Gasteiger partial charge in [0.1, 0.15) is 0 Å². The van der Waals surface area contributed by atoms with E-state index in [1.54, 1.807) is 4.90 Å². The molecule has 1 amide bonds. The Balaban J connectivity index is 2.56. The first-order valence-corrected chi connectivity index (χ1v) is 5.73. The molecule has 1 aliphatic rings. The van der Waals surface area contributed by atoms with Crippen LogP contribution in [0.5, 0.6) is 0 Å². The second-order valence-corrected chi connectivity index (χ2v) is 4.38. The number of carbonyl (C=O) groups excluding carboxylic acids is 1. The van der Waals surface area contributed by atoms with Gasteiger partial charge in [0, 0.05) is 25.0 Å². The van der Waals surface area contributed by atoms with E-state index >= 15 is 0 Å². The summed E-state index contributed by atoms with van der Waals surface area (Å²) in [6.07, 6.45) is 1.79. The van der Waals surface area contributed by atoms with Crippen LogP contribution in [0.1, 0.15) is 26.2 Å². The second-order valence-electron chi connectivity index (χ2n) is 4.38. The summed E-state index contributed by atoms with van der Waals surface area (Å²) in [5.74, 6) is -0.844. The van der Waals surface area contributed by atoms with Crippen LogP contribution < -0.4 is 5.32 Å². The zero-order chi connectivity index (χ0) is 12.1. The van der Waals surface area contributed by atoms with Gasteiger partial charge in [-0.15, -0.1) is 0 Å². The van der Waals surface area contributed by atoms with Crippen LogP contribution >= 0.6 is 0 Å². The highest BCUT2D eigenvalue weighted by atomic mass is 16.4. The molecule has 1 fully saturated rings. The van der Waals surface area contributed by atoms with Gasteiger partial charge in [-0.2, -0.15) is 0 Å². The molecule has 1 saturated heterocycles. The molecular formula is C11H20N2O3. The highest BCUT2D eigenvalue weighted by Crippen LogP contribution is 2.22. The van der Waals surface area contributed by atoms with Crippen LogP contribution in [0.3, 0.4) is 0 Å². The maximum Gasteiger partial charge on any atom is 0.305 e. The van der Waals surface area contributed by atoms with Gasteiger partial charge >= 0.3 is 5.97 Å². The lowest BCUT2D eigenvalue weighted by molar-refractivity contribution is -0.141. The van der Waals surface area contributed by atoms with Gasteiger partial charge in [0.15, 0.2) is 0 Å². The predicted octanol–water partition coefficient (Wildman–Crippen LogP) is 0.308. The summed E-state index contributed by atoms with van der Waals surface area (Å²) in [7, 11) is 1.81. The number of hydrogen-bond acceptors (Lipinski definition) is 3. The monoisotopic (exact) mass is 228 g/mol. The Hall–Kier alpha value is -1.10. The third-order valence-corrected chi connectivity index (χ3v) is 3.00. The maximum absolute atomic E-state index is 12.0. The standard InChI is InChI=1S/C11H20N2O3/c1-8(7-12-2)11(16)13-5-3-4-9(13)6-10(14)15/h8-9,12H,3-7H2,1-2H3,(H,14,15). The summed E-state index contributed by atoms with van der Waals surface area (Å²) < 4.78 is 0. The molecule has 2 unspecified atom stereocenters. The molecule has 0 saturated carbocycles. The second kappa shape index (κ2) is 5.84. The average molecular weight is 228 g/mol. The Labute approximate surface area is 95.8 Å². The highest BCUT2D eigenvalue weighted by Gasteiger charge is 2.32. The number of carboxylic acid groups (broad SMARTS) is 1. The van der Waals surface area contributed by atoms with Gasteiger partial charge in [0.05, 0.1) is 6.42 Å². The van der Waals surface area contributed by atoms with Gasteiger partial charge in [-0.3, -0.25) is 9.59 Å². The molecule has 0 aromatic carbocycles. The summed E-state index contributed by atoms with van der Waals surface area (Å²) in [6, 6.07) is -0.107. The van der Waals surface area contributed by atoms with E-state index in [4.69, 9.17) is 5.11 Å². The largest absolute Gasteiger partial charge is 0.481 e. The highest BCUT2D eigenvalue weighted by molar-refractivity contribution is 5.80. The zero-order valence-corrected chi connectivity index (χ0v) is 9.90. The van der Waals surface area contributed by atoms with Crippen LogP contribution in [0.25, 0.3) is 0 Å². The molecule has 0 spiro atoms. The van der Waals surface area contributed by atoms with Crippen molar-refractivity contribution in [2.24, 2.45) is 5.92 Å². The Kier molecular flexibility index (Phi) is 4.73. The van der Waals surface area contributed by atoms with E-state index in [-0.39, 0.29) is 24.3 Å². The molecule has 16 heavy (non-hydrogen) atoms. The van der Waals surface area contributed by atoms with E-state index in [9.17, 15) is 9.59 Å². The Bertz CT molecular complexity index is 268. The Morgan fingerprint density at radius 3 is 2.81 bits per heavy atom. The number of carboxylic acids is 1. The van der Waals surface area contributed by atoms with Crippen molar-refractivity contribution in [1.82, 2.24) is 10.2 Å². The number of aliphatic carboxylic acids is 1. The van der Waals surface area contributed by atoms with Crippen LogP contribution in [-0.4, -0.2) is 48.1 Å². The van der Waals surface area contributed by atoms with E-state index in [0.29, 0.717) is 13.1 Å². The van der Waals surface area contributed by atoms with Crippen molar-refractivity contribution in [2.75, 3.05) is 20.1 Å². The molecule has 2 atom stereocenters. The predicted molar refractivity (Wildman–Crippen MR) is 60.1 cm³/mol. The number of nitrogens with one attached hydrogen (secondary N) is 1. The molecule has 0 aromatic heterocycles. The van der Waals surface area contributed by atoms with Crippen molar-refractivity contribution < 1.29 is 14.7 Å².